The lowest BCUT2D eigenvalue weighted by Crippen LogP contribution is -2.23. The number of hydrogen-bond acceptors (Lipinski definition) is 1. The molecule has 0 spiro atoms. The van der Waals surface area contributed by atoms with Crippen molar-refractivity contribution >= 4 is 0 Å². The van der Waals surface area contributed by atoms with E-state index in [1.54, 1.807) is 0 Å². The number of benzene rings is 2. The SMILES string of the molecule is CCCCCCCC/C=C/CCN(Cc1ccccc1)Cc1ccccc1. The molecule has 0 amide bonds. The highest BCUT2D eigenvalue weighted by molar-refractivity contribution is 5.17. The summed E-state index contributed by atoms with van der Waals surface area (Å²) in [4.78, 5) is 2.56. The molecule has 0 heterocycles. The minimum atomic E-state index is 1.01. The Kier molecular flexibility index (Phi) is 11.3. The highest BCUT2D eigenvalue weighted by Gasteiger charge is 2.06. The summed E-state index contributed by atoms with van der Waals surface area (Å²) in [6, 6.07) is 21.6. The van der Waals surface area contributed by atoms with Crippen LogP contribution in [-0.4, -0.2) is 11.4 Å². The van der Waals surface area contributed by atoms with Crippen molar-refractivity contribution in [2.24, 2.45) is 0 Å². The van der Waals surface area contributed by atoms with Gasteiger partial charge >= 0.3 is 0 Å². The highest BCUT2D eigenvalue weighted by atomic mass is 15.1. The Labute approximate surface area is 167 Å². The highest BCUT2D eigenvalue weighted by Crippen LogP contribution is 2.11. The van der Waals surface area contributed by atoms with Crippen molar-refractivity contribution in [1.82, 2.24) is 4.90 Å². The van der Waals surface area contributed by atoms with Gasteiger partial charge in [0.15, 0.2) is 0 Å². The lowest BCUT2D eigenvalue weighted by Gasteiger charge is -2.22. The summed E-state index contributed by atoms with van der Waals surface area (Å²) in [6.07, 6.45) is 15.4. The van der Waals surface area contributed by atoms with Gasteiger partial charge in [0.1, 0.15) is 0 Å². The van der Waals surface area contributed by atoms with Crippen LogP contribution in [0.25, 0.3) is 0 Å². The van der Waals surface area contributed by atoms with Crippen LogP contribution in [0.15, 0.2) is 72.8 Å². The second-order valence-electron chi connectivity index (χ2n) is 7.50. The molecule has 0 aromatic heterocycles. The van der Waals surface area contributed by atoms with Crippen molar-refractivity contribution in [3.8, 4) is 0 Å². The van der Waals surface area contributed by atoms with Crippen LogP contribution < -0.4 is 0 Å². The third-order valence-electron chi connectivity index (χ3n) is 5.00. The third-order valence-corrected chi connectivity index (χ3v) is 5.00. The molecular formula is C26H37N. The van der Waals surface area contributed by atoms with Gasteiger partial charge in [0, 0.05) is 19.6 Å². The van der Waals surface area contributed by atoms with Crippen molar-refractivity contribution < 1.29 is 0 Å². The Hall–Kier alpha value is -1.86. The van der Waals surface area contributed by atoms with Crippen molar-refractivity contribution in [3.63, 3.8) is 0 Å². The standard InChI is InChI=1S/C26H37N/c1-2-3-4-5-6-7-8-9-10-17-22-27(23-25-18-13-11-14-19-25)24-26-20-15-12-16-21-26/h9-16,18-21H,2-8,17,22-24H2,1H3/b10-9+. The number of nitrogens with zero attached hydrogens (tertiary/aromatic N) is 1. The van der Waals surface area contributed by atoms with E-state index in [0.29, 0.717) is 0 Å². The van der Waals surface area contributed by atoms with E-state index in [2.05, 4.69) is 84.6 Å². The first-order valence-electron chi connectivity index (χ1n) is 10.8. The molecule has 0 aliphatic carbocycles. The van der Waals surface area contributed by atoms with E-state index in [-0.39, 0.29) is 0 Å². The molecule has 2 rings (SSSR count). The topological polar surface area (TPSA) is 3.24 Å². The van der Waals surface area contributed by atoms with Crippen molar-refractivity contribution in [2.75, 3.05) is 6.54 Å². The van der Waals surface area contributed by atoms with Crippen molar-refractivity contribution in [3.05, 3.63) is 83.9 Å². The van der Waals surface area contributed by atoms with E-state index in [0.717, 1.165) is 26.1 Å². The first-order chi connectivity index (χ1) is 13.4. The maximum Gasteiger partial charge on any atom is 0.0237 e. The predicted octanol–water partition coefficient (Wildman–Crippen LogP) is 7.39. The molecule has 0 N–H and O–H groups in total. The van der Waals surface area contributed by atoms with Gasteiger partial charge in [-0.1, -0.05) is 112 Å². The summed E-state index contributed by atoms with van der Waals surface area (Å²) in [6.45, 7) is 5.42. The predicted molar refractivity (Wildman–Crippen MR) is 119 cm³/mol. The Morgan fingerprint density at radius 2 is 1.15 bits per heavy atom. The van der Waals surface area contributed by atoms with Crippen LogP contribution in [0.5, 0.6) is 0 Å². The maximum absolute atomic E-state index is 2.56. The lowest BCUT2D eigenvalue weighted by atomic mass is 10.1. The summed E-state index contributed by atoms with van der Waals surface area (Å²) in [5.41, 5.74) is 2.79. The average Bonchev–Trinajstić information content (AvgIpc) is 2.71. The molecule has 0 saturated heterocycles. The van der Waals surface area contributed by atoms with Gasteiger partial charge in [-0.2, -0.15) is 0 Å². The molecule has 0 saturated carbocycles. The van der Waals surface area contributed by atoms with Crippen molar-refractivity contribution in [1.29, 1.82) is 0 Å². The monoisotopic (exact) mass is 363 g/mol. The minimum absolute atomic E-state index is 1.01. The van der Waals surface area contributed by atoms with E-state index < -0.39 is 0 Å². The summed E-state index contributed by atoms with van der Waals surface area (Å²) in [5.74, 6) is 0. The largest absolute Gasteiger partial charge is 0.295 e. The fraction of sp³-hybridized carbons (Fsp3) is 0.462. The van der Waals surface area contributed by atoms with E-state index in [9.17, 15) is 0 Å². The molecule has 27 heavy (non-hydrogen) atoms. The van der Waals surface area contributed by atoms with Crippen LogP contribution in [0.1, 0.15) is 69.4 Å². The molecule has 0 fully saturated rings. The number of hydrogen-bond donors (Lipinski definition) is 0. The molecule has 0 atom stereocenters. The van der Waals surface area contributed by atoms with Gasteiger partial charge < -0.3 is 0 Å². The minimum Gasteiger partial charge on any atom is -0.295 e. The van der Waals surface area contributed by atoms with Crippen LogP contribution in [0.4, 0.5) is 0 Å². The molecule has 2 aromatic rings. The number of allylic oxidation sites excluding steroid dienone is 1. The Balaban J connectivity index is 1.72. The van der Waals surface area contributed by atoms with Crippen LogP contribution in [0, 0.1) is 0 Å². The zero-order chi connectivity index (χ0) is 19.0. The lowest BCUT2D eigenvalue weighted by molar-refractivity contribution is 0.262. The third kappa shape index (κ3) is 10.2. The maximum atomic E-state index is 2.56. The molecule has 0 unspecified atom stereocenters. The van der Waals surface area contributed by atoms with Crippen molar-refractivity contribution in [2.45, 2.75) is 71.4 Å². The number of unbranched alkanes of at least 4 members (excludes halogenated alkanes) is 6. The van der Waals surface area contributed by atoms with Gasteiger partial charge in [0.25, 0.3) is 0 Å². The van der Waals surface area contributed by atoms with Gasteiger partial charge in [0.05, 0.1) is 0 Å². The molecule has 0 aliphatic rings. The van der Waals surface area contributed by atoms with E-state index in [1.165, 1.54) is 56.1 Å². The van der Waals surface area contributed by atoms with Gasteiger partial charge in [-0.15, -0.1) is 0 Å². The molecule has 2 aromatic carbocycles. The van der Waals surface area contributed by atoms with Crippen LogP contribution >= 0.6 is 0 Å². The molecular weight excluding hydrogens is 326 g/mol. The molecule has 1 heteroatoms. The molecule has 0 aliphatic heterocycles. The summed E-state index contributed by atoms with van der Waals surface area (Å²) in [5, 5.41) is 0. The van der Waals surface area contributed by atoms with Gasteiger partial charge in [-0.25, -0.2) is 0 Å². The summed E-state index contributed by atoms with van der Waals surface area (Å²) < 4.78 is 0. The summed E-state index contributed by atoms with van der Waals surface area (Å²) >= 11 is 0. The molecule has 0 radical (unpaired) electrons. The van der Waals surface area contributed by atoms with E-state index in [4.69, 9.17) is 0 Å². The van der Waals surface area contributed by atoms with Gasteiger partial charge in [-0.05, 0) is 30.4 Å². The zero-order valence-corrected chi connectivity index (χ0v) is 17.2. The fourth-order valence-corrected chi connectivity index (χ4v) is 3.43. The molecule has 1 nitrogen and oxygen atoms in total. The molecule has 146 valence electrons. The Bertz CT molecular complexity index is 561. The first-order valence-corrected chi connectivity index (χ1v) is 10.8. The summed E-state index contributed by atoms with van der Waals surface area (Å²) in [7, 11) is 0. The normalized spacial score (nSPS) is 11.5. The smallest absolute Gasteiger partial charge is 0.0237 e. The number of rotatable bonds is 14. The quantitative estimate of drug-likeness (QED) is 0.250. The first kappa shape index (κ1) is 21.4. The van der Waals surface area contributed by atoms with E-state index >= 15 is 0 Å². The second kappa shape index (κ2) is 14.2. The molecule has 0 bridgehead atoms. The zero-order valence-electron chi connectivity index (χ0n) is 17.2. The second-order valence-corrected chi connectivity index (χ2v) is 7.50. The van der Waals surface area contributed by atoms with E-state index in [1.807, 2.05) is 0 Å². The Morgan fingerprint density at radius 1 is 0.630 bits per heavy atom. The average molecular weight is 364 g/mol. The van der Waals surface area contributed by atoms with Crippen LogP contribution in [-0.2, 0) is 13.1 Å². The van der Waals surface area contributed by atoms with Crippen LogP contribution in [0.3, 0.4) is 0 Å². The van der Waals surface area contributed by atoms with Crippen LogP contribution in [0.2, 0.25) is 0 Å². The fourth-order valence-electron chi connectivity index (χ4n) is 3.43. The van der Waals surface area contributed by atoms with Gasteiger partial charge in [0.2, 0.25) is 0 Å². The van der Waals surface area contributed by atoms with Gasteiger partial charge in [-0.3, -0.25) is 4.90 Å². The Morgan fingerprint density at radius 3 is 1.74 bits per heavy atom.